The summed E-state index contributed by atoms with van der Waals surface area (Å²) in [5.74, 6) is 0.510. The minimum Gasteiger partial charge on any atom is -0.469 e. The van der Waals surface area contributed by atoms with Gasteiger partial charge in [0.1, 0.15) is 16.4 Å². The van der Waals surface area contributed by atoms with Gasteiger partial charge < -0.3 is 9.15 Å². The number of benzene rings is 2. The van der Waals surface area contributed by atoms with Crippen molar-refractivity contribution in [1.82, 2.24) is 0 Å². The quantitative estimate of drug-likeness (QED) is 0.201. The molecule has 0 N–H and O–H groups in total. The van der Waals surface area contributed by atoms with Crippen molar-refractivity contribution in [2.24, 2.45) is 0 Å². The van der Waals surface area contributed by atoms with Crippen molar-refractivity contribution < 1.29 is 23.8 Å². The highest BCUT2D eigenvalue weighted by molar-refractivity contribution is 7.22. The number of aryl methyl sites for hydroxylation is 1. The number of nitro groups is 2. The molecule has 0 fully saturated rings. The number of non-ortho nitro benzene ring substituents is 1. The fourth-order valence-electron chi connectivity index (χ4n) is 3.07. The molecule has 0 radical (unpaired) electrons. The molecule has 2 heterocycles. The molecule has 2 aromatic carbocycles. The predicted molar refractivity (Wildman–Crippen MR) is 118 cm³/mol. The second-order valence-corrected chi connectivity index (χ2v) is 7.74. The zero-order valence-electron chi connectivity index (χ0n) is 16.5. The van der Waals surface area contributed by atoms with Crippen LogP contribution in [0, 0.1) is 27.2 Å². The van der Waals surface area contributed by atoms with Crippen LogP contribution in [0.5, 0.6) is 11.5 Å². The van der Waals surface area contributed by atoms with Crippen molar-refractivity contribution in [3.8, 4) is 21.9 Å². The molecule has 0 spiro atoms. The van der Waals surface area contributed by atoms with E-state index in [9.17, 15) is 25.0 Å². The van der Waals surface area contributed by atoms with E-state index in [1.165, 1.54) is 29.5 Å². The summed E-state index contributed by atoms with van der Waals surface area (Å²) in [5.41, 5.74) is 1.40. The lowest BCUT2D eigenvalue weighted by atomic mass is 10.1. The highest BCUT2D eigenvalue weighted by Gasteiger charge is 2.21. The zero-order chi connectivity index (χ0) is 22.8. The molecule has 0 aliphatic heterocycles. The Labute approximate surface area is 184 Å². The van der Waals surface area contributed by atoms with E-state index in [1.807, 2.05) is 13.0 Å². The van der Waals surface area contributed by atoms with Crippen molar-refractivity contribution in [2.45, 2.75) is 6.92 Å². The minimum atomic E-state index is -1.20. The summed E-state index contributed by atoms with van der Waals surface area (Å²) in [5, 5.41) is 22.3. The van der Waals surface area contributed by atoms with E-state index < -0.39 is 15.8 Å². The van der Waals surface area contributed by atoms with Crippen LogP contribution in [-0.2, 0) is 4.79 Å². The van der Waals surface area contributed by atoms with Crippen LogP contribution in [-0.4, -0.2) is 15.8 Å². The molecule has 160 valence electrons. The smallest absolute Gasteiger partial charge is 0.469 e. The van der Waals surface area contributed by atoms with Crippen LogP contribution in [0.25, 0.3) is 26.6 Å². The van der Waals surface area contributed by atoms with Crippen LogP contribution < -0.4 is 4.74 Å². The summed E-state index contributed by atoms with van der Waals surface area (Å²) in [6.45, 7) is 1.82. The van der Waals surface area contributed by atoms with Gasteiger partial charge in [-0.2, -0.15) is 0 Å². The average Bonchev–Trinajstić information content (AvgIpc) is 3.35. The summed E-state index contributed by atoms with van der Waals surface area (Å²) < 4.78 is 12.3. The second kappa shape index (κ2) is 8.44. The topological polar surface area (TPSA) is 126 Å². The predicted octanol–water partition coefficient (Wildman–Crippen LogP) is 5.99. The first-order chi connectivity index (χ1) is 15.3. The van der Waals surface area contributed by atoms with E-state index in [0.29, 0.717) is 27.5 Å². The molecule has 0 saturated carbocycles. The fourth-order valence-corrected chi connectivity index (χ4v) is 4.30. The fraction of sp³-hybridized carbons (Fsp3) is 0.0455. The van der Waals surface area contributed by atoms with Crippen molar-refractivity contribution in [3.63, 3.8) is 0 Å². The SMILES string of the molecule is Cc1occc1-c1sc2cc([N+](=O)[O-])ccc2c1Oc1ccc(/C=C/C(=O)[N+](=O)[O-])cc1. The van der Waals surface area contributed by atoms with Crippen LogP contribution >= 0.6 is 11.3 Å². The normalized spacial score (nSPS) is 11.2. The molecule has 4 rings (SSSR count). The molecule has 1 amide bonds. The Bertz CT molecular complexity index is 1380. The van der Waals surface area contributed by atoms with Gasteiger partial charge in [-0.05, 0) is 42.8 Å². The molecule has 2 aromatic heterocycles. The lowest BCUT2D eigenvalue weighted by Crippen LogP contribution is -2.06. The second-order valence-electron chi connectivity index (χ2n) is 6.69. The third-order valence-electron chi connectivity index (χ3n) is 4.64. The molecular weight excluding hydrogens is 436 g/mol. The maximum atomic E-state index is 11.2. The van der Waals surface area contributed by atoms with Gasteiger partial charge in [0, 0.05) is 27.8 Å². The number of furan rings is 1. The summed E-state index contributed by atoms with van der Waals surface area (Å²) in [4.78, 5) is 32.0. The Morgan fingerprint density at radius 2 is 1.84 bits per heavy atom. The third kappa shape index (κ3) is 4.12. The van der Waals surface area contributed by atoms with Crippen LogP contribution in [0.15, 0.2) is 65.3 Å². The molecule has 0 unspecified atom stereocenters. The molecule has 0 aliphatic carbocycles. The number of carbonyl (C=O) groups is 1. The lowest BCUT2D eigenvalue weighted by Gasteiger charge is -2.08. The van der Waals surface area contributed by atoms with Gasteiger partial charge in [-0.25, -0.2) is 4.79 Å². The Morgan fingerprint density at radius 1 is 1.09 bits per heavy atom. The van der Waals surface area contributed by atoms with Gasteiger partial charge in [-0.3, -0.25) is 20.2 Å². The molecule has 10 heteroatoms. The van der Waals surface area contributed by atoms with Gasteiger partial charge in [0.15, 0.2) is 5.75 Å². The van der Waals surface area contributed by atoms with Gasteiger partial charge >= 0.3 is 5.91 Å². The van der Waals surface area contributed by atoms with E-state index in [2.05, 4.69) is 0 Å². The van der Waals surface area contributed by atoms with Gasteiger partial charge in [0.2, 0.25) is 0 Å². The summed E-state index contributed by atoms with van der Waals surface area (Å²) >= 11 is 1.36. The van der Waals surface area contributed by atoms with Gasteiger partial charge in [0.05, 0.1) is 22.1 Å². The first-order valence-electron chi connectivity index (χ1n) is 9.23. The number of thiophene rings is 1. The van der Waals surface area contributed by atoms with Crippen LogP contribution in [0.4, 0.5) is 5.69 Å². The Morgan fingerprint density at radius 3 is 2.47 bits per heavy atom. The zero-order valence-corrected chi connectivity index (χ0v) is 17.3. The molecule has 4 aromatic rings. The van der Waals surface area contributed by atoms with Crippen LogP contribution in [0.3, 0.4) is 0 Å². The Kier molecular flexibility index (Phi) is 5.52. The highest BCUT2D eigenvalue weighted by atomic mass is 32.1. The Balaban J connectivity index is 1.72. The number of nitro benzene ring substituents is 1. The third-order valence-corrected chi connectivity index (χ3v) is 5.81. The number of hydrogen-bond donors (Lipinski definition) is 0. The van der Waals surface area contributed by atoms with Gasteiger partial charge in [0.25, 0.3) is 5.69 Å². The molecule has 0 bridgehead atoms. The molecule has 9 nitrogen and oxygen atoms in total. The van der Waals surface area contributed by atoms with Crippen molar-refractivity contribution >= 4 is 39.1 Å². The van der Waals surface area contributed by atoms with E-state index in [1.54, 1.807) is 36.6 Å². The van der Waals surface area contributed by atoms with Crippen LogP contribution in [0.1, 0.15) is 11.3 Å². The summed E-state index contributed by atoms with van der Waals surface area (Å²) in [7, 11) is 0. The van der Waals surface area contributed by atoms with Crippen LogP contribution in [0.2, 0.25) is 0 Å². The number of hydrogen-bond acceptors (Lipinski definition) is 8. The lowest BCUT2D eigenvalue weighted by molar-refractivity contribution is -0.395. The van der Waals surface area contributed by atoms with Gasteiger partial charge in [-0.15, -0.1) is 11.3 Å². The monoisotopic (exact) mass is 450 g/mol. The van der Waals surface area contributed by atoms with Crippen molar-refractivity contribution in [3.05, 3.63) is 92.4 Å². The van der Waals surface area contributed by atoms with Crippen molar-refractivity contribution in [2.75, 3.05) is 0 Å². The van der Waals surface area contributed by atoms with E-state index in [0.717, 1.165) is 21.9 Å². The molecule has 0 aliphatic rings. The van der Waals surface area contributed by atoms with Crippen molar-refractivity contribution in [1.29, 1.82) is 0 Å². The Hall–Kier alpha value is -4.31. The molecule has 0 saturated heterocycles. The number of rotatable bonds is 6. The van der Waals surface area contributed by atoms with E-state index in [4.69, 9.17) is 9.15 Å². The highest BCUT2D eigenvalue weighted by Crippen LogP contribution is 2.48. The maximum absolute atomic E-state index is 11.2. The number of nitrogens with zero attached hydrogens (tertiary/aromatic N) is 2. The first kappa shape index (κ1) is 20.9. The largest absolute Gasteiger partial charge is 0.469 e. The number of fused-ring (bicyclic) bond motifs is 1. The minimum absolute atomic E-state index is 0.0128. The van der Waals surface area contributed by atoms with E-state index >= 15 is 0 Å². The number of carbonyl (C=O) groups excluding carboxylic acids is 1. The van der Waals surface area contributed by atoms with Gasteiger partial charge in [-0.1, -0.05) is 12.1 Å². The maximum Gasteiger partial charge on any atom is 0.469 e. The first-order valence-corrected chi connectivity index (χ1v) is 10.0. The summed E-state index contributed by atoms with van der Waals surface area (Å²) in [6.07, 6.45) is 3.79. The number of amides is 1. The molecule has 0 atom stereocenters. The van der Waals surface area contributed by atoms with E-state index in [-0.39, 0.29) is 5.69 Å². The molecular formula is C22H14N2O7S. The number of ether oxygens (including phenoxy) is 1. The molecule has 32 heavy (non-hydrogen) atoms. The summed E-state index contributed by atoms with van der Waals surface area (Å²) in [6, 6.07) is 13.0. The average molecular weight is 450 g/mol. The standard InChI is InChI=1S/C22H14N2O7S/c1-13-17(10-11-30-13)22-21(18-8-5-15(23(26)27)12-19(18)32-22)31-16-6-2-14(3-7-16)4-9-20(25)24(28)29/h2-12H,1H3/b9-4+.